The van der Waals surface area contributed by atoms with Gasteiger partial charge in [0.1, 0.15) is 0 Å². The maximum atomic E-state index is 13.1. The molecule has 4 bridgehead atoms. The minimum atomic E-state index is -0.955. The number of thioether (sulfide) groups is 1. The predicted octanol–water partition coefficient (Wildman–Crippen LogP) is 7.55. The van der Waals surface area contributed by atoms with Crippen LogP contribution in [0.2, 0.25) is 0 Å². The van der Waals surface area contributed by atoms with Gasteiger partial charge >= 0.3 is 12.0 Å². The van der Waals surface area contributed by atoms with Gasteiger partial charge in [-0.05, 0) is 91.7 Å². The Morgan fingerprint density at radius 3 is 2.13 bits per heavy atom. The zero-order chi connectivity index (χ0) is 31.8. The Kier molecular flexibility index (Phi) is 8.85. The summed E-state index contributed by atoms with van der Waals surface area (Å²) in [6, 6.07) is 22.3. The summed E-state index contributed by atoms with van der Waals surface area (Å²) in [5, 5.41) is 25.7. The van der Waals surface area contributed by atoms with Crippen LogP contribution < -0.4 is 10.6 Å². The molecule has 8 rings (SSSR count). The third-order valence-corrected chi connectivity index (χ3v) is 11.7. The quantitative estimate of drug-likeness (QED) is 0.178. The lowest BCUT2D eigenvalue weighted by Gasteiger charge is -2.56. The first-order chi connectivity index (χ1) is 22.3. The van der Waals surface area contributed by atoms with Crippen molar-refractivity contribution < 1.29 is 29.3 Å². The molecule has 46 heavy (non-hydrogen) atoms. The fourth-order valence-corrected chi connectivity index (χ4v) is 9.85. The number of carboxylic acids is 1. The average molecular weight is 643 g/mol. The Morgan fingerprint density at radius 2 is 1.50 bits per heavy atom. The topological polar surface area (TPSA) is 117 Å². The molecule has 0 aromatic heterocycles. The van der Waals surface area contributed by atoms with E-state index in [0.29, 0.717) is 16.3 Å². The summed E-state index contributed by atoms with van der Waals surface area (Å²) in [6.07, 6.45) is 6.12. The predicted molar refractivity (Wildman–Crippen MR) is 177 cm³/mol. The Morgan fingerprint density at radius 1 is 0.870 bits per heavy atom. The number of amides is 2. The Balaban J connectivity index is 1.05. The van der Waals surface area contributed by atoms with Crippen molar-refractivity contribution in [3.8, 4) is 0 Å². The lowest BCUT2D eigenvalue weighted by Crippen LogP contribution is -2.60. The van der Waals surface area contributed by atoms with E-state index in [-0.39, 0.29) is 41.9 Å². The fraction of sp³-hybridized carbons (Fsp3) is 0.459. The molecule has 1 aliphatic heterocycles. The van der Waals surface area contributed by atoms with Crippen LogP contribution in [0, 0.1) is 23.7 Å². The second-order valence-corrected chi connectivity index (χ2v) is 14.9. The summed E-state index contributed by atoms with van der Waals surface area (Å²) in [4.78, 5) is 25.6. The van der Waals surface area contributed by atoms with Crippen LogP contribution in [-0.2, 0) is 16.1 Å². The number of nitrogens with one attached hydrogen (secondary N) is 2. The second kappa shape index (κ2) is 13.0. The first-order valence-electron chi connectivity index (χ1n) is 16.4. The fourth-order valence-electron chi connectivity index (χ4n) is 8.64. The van der Waals surface area contributed by atoms with Gasteiger partial charge in [-0.25, -0.2) is 9.59 Å². The molecule has 4 N–H and O–H groups in total. The molecule has 5 fully saturated rings. The summed E-state index contributed by atoms with van der Waals surface area (Å²) in [6.45, 7) is 2.06. The molecule has 3 aromatic rings. The van der Waals surface area contributed by atoms with Crippen molar-refractivity contribution in [2.45, 2.75) is 81.0 Å². The summed E-state index contributed by atoms with van der Waals surface area (Å²) in [5.74, 6) is 1.83. The van der Waals surface area contributed by atoms with E-state index >= 15 is 0 Å². The maximum absolute atomic E-state index is 13.1. The van der Waals surface area contributed by atoms with Gasteiger partial charge in [-0.1, -0.05) is 55.5 Å². The van der Waals surface area contributed by atoms with Gasteiger partial charge in [0, 0.05) is 33.4 Å². The summed E-state index contributed by atoms with van der Waals surface area (Å²) >= 11 is 1.47. The van der Waals surface area contributed by atoms with Crippen LogP contribution in [0.25, 0.3) is 0 Å². The Labute approximate surface area is 274 Å². The van der Waals surface area contributed by atoms with Gasteiger partial charge in [-0.2, -0.15) is 0 Å². The monoisotopic (exact) mass is 642 g/mol. The number of aliphatic hydroxyl groups excluding tert-OH is 1. The number of carbonyl (C=O) groups is 2. The van der Waals surface area contributed by atoms with E-state index in [9.17, 15) is 19.8 Å². The number of aromatic carboxylic acids is 1. The molecule has 4 atom stereocenters. The molecule has 0 radical (unpaired) electrons. The number of carbonyl (C=O) groups excluding carboxylic acids is 1. The lowest BCUT2D eigenvalue weighted by molar-refractivity contribution is -0.268. The molecular weight excluding hydrogens is 600 g/mol. The van der Waals surface area contributed by atoms with Gasteiger partial charge in [-0.15, -0.1) is 11.8 Å². The molecule has 3 aromatic carbocycles. The van der Waals surface area contributed by atoms with Gasteiger partial charge in [-0.3, -0.25) is 0 Å². The first kappa shape index (κ1) is 31.2. The Hall–Kier alpha value is -3.37. The largest absolute Gasteiger partial charge is 0.478 e. The Bertz CT molecular complexity index is 1530. The number of benzene rings is 3. The molecule has 1 saturated heterocycles. The summed E-state index contributed by atoms with van der Waals surface area (Å²) < 4.78 is 13.1. The number of hydrogen-bond donors (Lipinski definition) is 4. The number of carboxylic acid groups (broad SMARTS) is 1. The molecule has 242 valence electrons. The van der Waals surface area contributed by atoms with Crippen LogP contribution in [0.15, 0.2) is 77.7 Å². The van der Waals surface area contributed by atoms with Gasteiger partial charge in [0.2, 0.25) is 0 Å². The zero-order valence-corrected chi connectivity index (χ0v) is 26.9. The molecular formula is C37H42N2O6S. The number of urea groups is 1. The van der Waals surface area contributed by atoms with Crippen LogP contribution in [0.1, 0.15) is 84.9 Å². The third kappa shape index (κ3) is 6.56. The highest BCUT2D eigenvalue weighted by atomic mass is 32.2. The van der Waals surface area contributed by atoms with E-state index in [4.69, 9.17) is 9.47 Å². The van der Waals surface area contributed by atoms with Crippen molar-refractivity contribution in [3.63, 3.8) is 0 Å². The lowest BCUT2D eigenvalue weighted by atomic mass is 9.53. The van der Waals surface area contributed by atoms with Crippen LogP contribution in [0.3, 0.4) is 0 Å². The van der Waals surface area contributed by atoms with Gasteiger partial charge in [0.05, 0.1) is 24.4 Å². The third-order valence-electron chi connectivity index (χ3n) is 10.5. The van der Waals surface area contributed by atoms with Crippen molar-refractivity contribution in [1.82, 2.24) is 5.32 Å². The smallest absolute Gasteiger partial charge is 0.336 e. The normalized spacial score (nSPS) is 31.4. The second-order valence-electron chi connectivity index (χ2n) is 13.8. The minimum absolute atomic E-state index is 0.0315. The molecule has 4 unspecified atom stereocenters. The number of hydrogen-bond acceptors (Lipinski definition) is 6. The summed E-state index contributed by atoms with van der Waals surface area (Å²) in [5.41, 5.74) is 3.57. The molecule has 1 heterocycles. The van der Waals surface area contributed by atoms with E-state index < -0.39 is 12.3 Å². The van der Waals surface area contributed by atoms with Gasteiger partial charge in [0.25, 0.3) is 0 Å². The van der Waals surface area contributed by atoms with Crippen molar-refractivity contribution in [2.24, 2.45) is 23.7 Å². The minimum Gasteiger partial charge on any atom is -0.478 e. The highest BCUT2D eigenvalue weighted by Crippen LogP contribution is 2.55. The van der Waals surface area contributed by atoms with Crippen molar-refractivity contribution in [1.29, 1.82) is 0 Å². The van der Waals surface area contributed by atoms with Crippen LogP contribution in [0.5, 0.6) is 0 Å². The molecule has 0 spiro atoms. The molecule has 4 saturated carbocycles. The first-order valence-corrected chi connectivity index (χ1v) is 17.4. The van der Waals surface area contributed by atoms with E-state index in [1.54, 1.807) is 12.1 Å². The average Bonchev–Trinajstić information content (AvgIpc) is 3.04. The SMILES string of the molecule is CC1C(CSc2ccccc2C(=O)O)OC(c2ccc(NC(=O)NC34CC5CC(CC(C5)C3)C4)cc2)OC1c1ccc(CO)cc1. The molecule has 8 nitrogen and oxygen atoms in total. The highest BCUT2D eigenvalue weighted by Gasteiger charge is 2.51. The number of aliphatic hydroxyl groups is 1. The molecule has 2 amide bonds. The van der Waals surface area contributed by atoms with Crippen molar-refractivity contribution >= 4 is 29.4 Å². The van der Waals surface area contributed by atoms with E-state index in [1.807, 2.05) is 60.7 Å². The zero-order valence-electron chi connectivity index (χ0n) is 26.1. The van der Waals surface area contributed by atoms with Crippen LogP contribution >= 0.6 is 11.8 Å². The standard InChI is InChI=1S/C37H42N2O6S/c1-22-31(21-46-32-5-3-2-4-30(32)34(41)42)44-35(45-33(22)27-8-6-23(20-40)7-9-27)28-10-12-29(13-11-28)38-36(43)39-37-17-24-14-25(18-37)16-26(15-24)19-37/h2-13,22,24-26,31,33,35,40H,14-21H2,1H3,(H,41,42)(H2,38,39,43). The van der Waals surface area contributed by atoms with Crippen molar-refractivity contribution in [2.75, 3.05) is 11.1 Å². The van der Waals surface area contributed by atoms with Crippen molar-refractivity contribution in [3.05, 3.63) is 95.1 Å². The molecule has 4 aliphatic carbocycles. The van der Waals surface area contributed by atoms with Gasteiger partial charge in [0.15, 0.2) is 6.29 Å². The van der Waals surface area contributed by atoms with E-state index in [0.717, 1.165) is 53.7 Å². The van der Waals surface area contributed by atoms with Gasteiger partial charge < -0.3 is 30.3 Å². The molecule has 5 aliphatic rings. The number of rotatable bonds is 9. The maximum Gasteiger partial charge on any atom is 0.336 e. The molecule has 9 heteroatoms. The number of ether oxygens (including phenoxy) is 2. The van der Waals surface area contributed by atoms with E-state index in [1.165, 1.54) is 31.0 Å². The van der Waals surface area contributed by atoms with Crippen LogP contribution in [0.4, 0.5) is 10.5 Å². The highest BCUT2D eigenvalue weighted by molar-refractivity contribution is 7.99. The van der Waals surface area contributed by atoms with Crippen LogP contribution in [-0.4, -0.2) is 39.6 Å². The number of anilines is 1. The summed E-state index contributed by atoms with van der Waals surface area (Å²) in [7, 11) is 0. The van der Waals surface area contributed by atoms with E-state index in [2.05, 4.69) is 17.6 Å².